The minimum Gasteiger partial charge on any atom is -0.481 e. The van der Waals surface area contributed by atoms with Gasteiger partial charge in [-0.25, -0.2) is 9.78 Å². The van der Waals surface area contributed by atoms with Gasteiger partial charge in [0.1, 0.15) is 0 Å². The first-order valence-corrected chi connectivity index (χ1v) is 4.20. The predicted octanol–water partition coefficient (Wildman–Crippen LogP) is 0.176. The first-order chi connectivity index (χ1) is 7.49. The summed E-state index contributed by atoms with van der Waals surface area (Å²) < 4.78 is 4.63. The number of aromatic carboxylic acids is 1. The Hall–Kier alpha value is -2.38. The van der Waals surface area contributed by atoms with Crippen molar-refractivity contribution in [1.82, 2.24) is 4.98 Å². The Kier molecular flexibility index (Phi) is 3.59. The number of anilines is 1. The number of carboxylic acids is 2. The van der Waals surface area contributed by atoms with Gasteiger partial charge in [0.15, 0.2) is 0 Å². The van der Waals surface area contributed by atoms with Gasteiger partial charge in [-0.15, -0.1) is 0 Å². The average molecular weight is 228 g/mol. The molecule has 1 aromatic rings. The number of hydrogen-bond acceptors (Lipinski definition) is 5. The van der Waals surface area contributed by atoms with Crippen LogP contribution in [0.2, 0.25) is 0 Å². The number of aliphatic carboxylic acids is 1. The fraction of sp³-hybridized carbons (Fsp3) is 0.250. The van der Waals surface area contributed by atoms with Crippen LogP contribution in [0.1, 0.15) is 23.4 Å². The first kappa shape index (κ1) is 11.7. The fourth-order valence-corrected chi connectivity index (χ4v) is 0.833. The third-order valence-corrected chi connectivity index (χ3v) is 1.53. The number of hydrogen-bond donors (Lipinski definition) is 3. The normalized spacial score (nSPS) is 9.75. The number of carboxylic acid groups (broad SMARTS) is 2. The van der Waals surface area contributed by atoms with Gasteiger partial charge in [-0.05, 0) is 0 Å². The van der Waals surface area contributed by atoms with Gasteiger partial charge < -0.3 is 14.6 Å². The number of amides is 1. The van der Waals surface area contributed by atoms with E-state index < -0.39 is 23.6 Å². The third kappa shape index (κ3) is 3.40. The van der Waals surface area contributed by atoms with E-state index in [1.54, 1.807) is 0 Å². The highest BCUT2D eigenvalue weighted by Gasteiger charge is 2.13. The Bertz CT molecular complexity index is 424. The molecule has 1 rings (SSSR count). The predicted molar refractivity (Wildman–Crippen MR) is 49.0 cm³/mol. The van der Waals surface area contributed by atoms with E-state index in [-0.39, 0.29) is 18.9 Å². The molecule has 0 aliphatic rings. The third-order valence-electron chi connectivity index (χ3n) is 1.53. The quantitative estimate of drug-likeness (QED) is 0.654. The monoisotopic (exact) mass is 228 g/mol. The number of carbonyl (C=O) groups excluding carboxylic acids is 1. The molecule has 86 valence electrons. The van der Waals surface area contributed by atoms with Gasteiger partial charge in [-0.3, -0.25) is 14.9 Å². The second kappa shape index (κ2) is 4.91. The first-order valence-electron chi connectivity index (χ1n) is 4.20. The summed E-state index contributed by atoms with van der Waals surface area (Å²) in [5.41, 5.74) is 0. The summed E-state index contributed by atoms with van der Waals surface area (Å²) in [6.45, 7) is 0. The molecule has 0 radical (unpaired) electrons. The number of nitrogens with one attached hydrogen (secondary N) is 1. The van der Waals surface area contributed by atoms with E-state index in [4.69, 9.17) is 10.2 Å². The van der Waals surface area contributed by atoms with Crippen molar-refractivity contribution < 1.29 is 29.0 Å². The molecule has 3 N–H and O–H groups in total. The van der Waals surface area contributed by atoms with Crippen molar-refractivity contribution in [2.24, 2.45) is 0 Å². The highest BCUT2D eigenvalue weighted by atomic mass is 16.4. The Labute approximate surface area is 88.9 Å². The molecule has 16 heavy (non-hydrogen) atoms. The zero-order chi connectivity index (χ0) is 12.1. The second-order valence-electron chi connectivity index (χ2n) is 2.78. The van der Waals surface area contributed by atoms with Crippen LogP contribution in [-0.4, -0.2) is 33.0 Å². The topological polar surface area (TPSA) is 130 Å². The molecule has 0 bridgehead atoms. The van der Waals surface area contributed by atoms with Crippen molar-refractivity contribution in [3.8, 4) is 0 Å². The Morgan fingerprint density at radius 1 is 1.31 bits per heavy atom. The maximum Gasteiger partial charge on any atom is 0.373 e. The molecular weight excluding hydrogens is 220 g/mol. The summed E-state index contributed by atoms with van der Waals surface area (Å²) >= 11 is 0. The maximum atomic E-state index is 11.1. The molecule has 8 nitrogen and oxygen atoms in total. The summed E-state index contributed by atoms with van der Waals surface area (Å²) in [4.78, 5) is 35.1. The highest BCUT2D eigenvalue weighted by Crippen LogP contribution is 2.09. The number of carbonyl (C=O) groups is 3. The van der Waals surface area contributed by atoms with Crippen LogP contribution >= 0.6 is 0 Å². The van der Waals surface area contributed by atoms with E-state index in [0.717, 1.165) is 6.20 Å². The van der Waals surface area contributed by atoms with Crippen LogP contribution in [0.4, 0.5) is 6.01 Å². The Morgan fingerprint density at radius 3 is 2.50 bits per heavy atom. The molecule has 0 spiro atoms. The molecule has 1 amide bonds. The lowest BCUT2D eigenvalue weighted by Crippen LogP contribution is -2.13. The van der Waals surface area contributed by atoms with Gasteiger partial charge in [0, 0.05) is 6.42 Å². The summed E-state index contributed by atoms with van der Waals surface area (Å²) in [5.74, 6) is -3.43. The van der Waals surface area contributed by atoms with E-state index in [0.29, 0.717) is 0 Å². The highest BCUT2D eigenvalue weighted by molar-refractivity contribution is 5.91. The van der Waals surface area contributed by atoms with Gasteiger partial charge >= 0.3 is 18.0 Å². The number of rotatable bonds is 5. The van der Waals surface area contributed by atoms with Gasteiger partial charge in [0.25, 0.3) is 0 Å². The van der Waals surface area contributed by atoms with Crippen LogP contribution in [0, 0.1) is 0 Å². The summed E-state index contributed by atoms with van der Waals surface area (Å²) in [6, 6.07) is -0.271. The van der Waals surface area contributed by atoms with Crippen LogP contribution in [0.25, 0.3) is 0 Å². The fourth-order valence-electron chi connectivity index (χ4n) is 0.833. The number of oxazole rings is 1. The molecule has 0 atom stereocenters. The lowest BCUT2D eigenvalue weighted by Gasteiger charge is -1.97. The molecule has 0 fully saturated rings. The van der Waals surface area contributed by atoms with Crippen molar-refractivity contribution in [3.05, 3.63) is 12.0 Å². The second-order valence-corrected chi connectivity index (χ2v) is 2.78. The lowest BCUT2D eigenvalue weighted by atomic mass is 10.3. The molecule has 0 unspecified atom stereocenters. The lowest BCUT2D eigenvalue weighted by molar-refractivity contribution is -0.138. The van der Waals surface area contributed by atoms with Crippen molar-refractivity contribution in [3.63, 3.8) is 0 Å². The summed E-state index contributed by atoms with van der Waals surface area (Å²) in [7, 11) is 0. The Morgan fingerprint density at radius 2 is 2.00 bits per heavy atom. The van der Waals surface area contributed by atoms with Gasteiger partial charge in [-0.2, -0.15) is 0 Å². The van der Waals surface area contributed by atoms with Crippen LogP contribution in [0.15, 0.2) is 10.6 Å². The summed E-state index contributed by atoms with van der Waals surface area (Å²) in [6.07, 6.45) is 0.383. The number of aromatic nitrogens is 1. The van der Waals surface area contributed by atoms with Crippen molar-refractivity contribution in [1.29, 1.82) is 0 Å². The SMILES string of the molecule is O=C(O)CCC(=O)Nc1ncc(C(=O)O)o1. The molecular formula is C8H8N2O6. The molecule has 1 heterocycles. The van der Waals surface area contributed by atoms with Crippen LogP contribution < -0.4 is 5.32 Å². The molecule has 0 saturated carbocycles. The van der Waals surface area contributed by atoms with E-state index >= 15 is 0 Å². The minimum atomic E-state index is -1.31. The van der Waals surface area contributed by atoms with Gasteiger partial charge in [-0.1, -0.05) is 0 Å². The zero-order valence-electron chi connectivity index (χ0n) is 7.97. The minimum absolute atomic E-state index is 0.236. The van der Waals surface area contributed by atoms with Crippen molar-refractivity contribution in [2.45, 2.75) is 12.8 Å². The van der Waals surface area contributed by atoms with Crippen molar-refractivity contribution in [2.75, 3.05) is 5.32 Å². The maximum absolute atomic E-state index is 11.1. The van der Waals surface area contributed by atoms with E-state index in [9.17, 15) is 14.4 Å². The molecule has 1 aromatic heterocycles. The van der Waals surface area contributed by atoms with Gasteiger partial charge in [0.2, 0.25) is 11.7 Å². The molecule has 0 aliphatic carbocycles. The molecule has 8 heteroatoms. The van der Waals surface area contributed by atoms with Crippen molar-refractivity contribution >= 4 is 23.9 Å². The van der Waals surface area contributed by atoms with Gasteiger partial charge in [0.05, 0.1) is 12.6 Å². The van der Waals surface area contributed by atoms with E-state index in [2.05, 4.69) is 14.7 Å². The zero-order valence-corrected chi connectivity index (χ0v) is 7.97. The number of nitrogens with zero attached hydrogens (tertiary/aromatic N) is 1. The molecule has 0 saturated heterocycles. The van der Waals surface area contributed by atoms with E-state index in [1.165, 1.54) is 0 Å². The molecule has 0 aliphatic heterocycles. The van der Waals surface area contributed by atoms with Crippen LogP contribution in [0.3, 0.4) is 0 Å². The molecule has 0 aromatic carbocycles. The van der Waals surface area contributed by atoms with Crippen LogP contribution in [0.5, 0.6) is 0 Å². The summed E-state index contributed by atoms with van der Waals surface area (Å²) in [5, 5.41) is 18.9. The smallest absolute Gasteiger partial charge is 0.373 e. The largest absolute Gasteiger partial charge is 0.481 e. The average Bonchev–Trinajstić information content (AvgIpc) is 2.63. The van der Waals surface area contributed by atoms with Crippen LogP contribution in [-0.2, 0) is 9.59 Å². The van der Waals surface area contributed by atoms with E-state index in [1.807, 2.05) is 0 Å². The Balaban J connectivity index is 2.49. The standard InChI is InChI=1S/C8H8N2O6/c11-5(1-2-6(12)13)10-8-9-3-4(16-8)7(14)15/h3H,1-2H2,(H,12,13)(H,14,15)(H,9,10,11).